The van der Waals surface area contributed by atoms with Crippen LogP contribution in [0.2, 0.25) is 5.15 Å². The van der Waals surface area contributed by atoms with E-state index >= 15 is 0 Å². The van der Waals surface area contributed by atoms with Gasteiger partial charge < -0.3 is 9.47 Å². The Bertz CT molecular complexity index is 1210. The summed E-state index contributed by atoms with van der Waals surface area (Å²) in [6.45, 7) is 2.06. The molecular weight excluding hydrogens is 450 g/mol. The minimum atomic E-state index is -0.572. The normalized spacial score (nSPS) is 12.0. The Balaban J connectivity index is 1.59. The summed E-state index contributed by atoms with van der Waals surface area (Å²) in [7, 11) is 0. The molecule has 0 saturated heterocycles. The van der Waals surface area contributed by atoms with Gasteiger partial charge in [0.05, 0.1) is 16.9 Å². The molecule has 2 aromatic heterocycles. The molecule has 4 aromatic rings. The topological polar surface area (TPSA) is 48.4 Å². The quantitative estimate of drug-likeness (QED) is 0.141. The predicted octanol–water partition coefficient (Wildman–Crippen LogP) is 6.72. The van der Waals surface area contributed by atoms with Gasteiger partial charge in [0.2, 0.25) is 0 Å². The number of carbonyl (C=O) groups is 1. The fourth-order valence-electron chi connectivity index (χ4n) is 3.32. The molecule has 0 saturated carbocycles. The van der Waals surface area contributed by atoms with E-state index in [4.69, 9.17) is 21.1 Å². The van der Waals surface area contributed by atoms with Crippen LogP contribution in [0.3, 0.4) is 0 Å². The highest BCUT2D eigenvalue weighted by Gasteiger charge is 2.22. The molecule has 0 aliphatic heterocycles. The Morgan fingerprint density at radius 2 is 1.94 bits per heavy atom. The molecule has 1 atom stereocenters. The van der Waals surface area contributed by atoms with Crippen molar-refractivity contribution in [3.05, 3.63) is 93.6 Å². The first-order valence-corrected chi connectivity index (χ1v) is 11.5. The fourth-order valence-corrected chi connectivity index (χ4v) is 5.13. The maximum atomic E-state index is 12.3. The average Bonchev–Trinajstić information content (AvgIpc) is 3.21. The monoisotopic (exact) mass is 469 g/mol. The van der Waals surface area contributed by atoms with Crippen molar-refractivity contribution in [2.75, 3.05) is 6.61 Å². The molecule has 0 spiro atoms. The Labute approximate surface area is 195 Å². The van der Waals surface area contributed by atoms with Gasteiger partial charge in [-0.2, -0.15) is 0 Å². The molecule has 2 heterocycles. The Kier molecular flexibility index (Phi) is 6.80. The highest BCUT2D eigenvalue weighted by Crippen LogP contribution is 2.39. The van der Waals surface area contributed by atoms with Crippen molar-refractivity contribution >= 4 is 51.6 Å². The van der Waals surface area contributed by atoms with Gasteiger partial charge >= 0.3 is 5.97 Å². The van der Waals surface area contributed by atoms with E-state index in [2.05, 4.69) is 35.8 Å². The summed E-state index contributed by atoms with van der Waals surface area (Å²) in [4.78, 5) is 16.5. The number of esters is 1. The van der Waals surface area contributed by atoms with Crippen LogP contribution >= 0.6 is 35.6 Å². The number of ether oxygens (including phenoxy) is 2. The van der Waals surface area contributed by atoms with Crippen molar-refractivity contribution in [3.8, 4) is 5.75 Å². The average molecular weight is 470 g/mol. The van der Waals surface area contributed by atoms with Gasteiger partial charge in [-0.25, -0.2) is 9.78 Å². The van der Waals surface area contributed by atoms with E-state index in [9.17, 15) is 4.79 Å². The number of thiol groups is 1. The first kappa shape index (κ1) is 21.7. The van der Waals surface area contributed by atoms with E-state index < -0.39 is 11.4 Å². The summed E-state index contributed by atoms with van der Waals surface area (Å²) < 4.78 is 12.0. The maximum Gasteiger partial charge on any atom is 0.341 e. The van der Waals surface area contributed by atoms with Gasteiger partial charge in [0.15, 0.2) is 5.44 Å². The second-order valence-electron chi connectivity index (χ2n) is 6.86. The summed E-state index contributed by atoms with van der Waals surface area (Å²) in [6, 6.07) is 18.2. The van der Waals surface area contributed by atoms with Gasteiger partial charge in [0, 0.05) is 17.1 Å². The standard InChI is InChI=1S/C24H20ClNO3S2/c1-2-28-23(27)18-13-26-22(25)20-19(14-31-21(18)20)24(30)29-17-10-6-9-16(12-17)11-15-7-4-3-5-8-15/h3-10,12-14,24,30H,2,11H2,1H3. The van der Waals surface area contributed by atoms with Crippen LogP contribution in [0.15, 0.2) is 66.2 Å². The van der Waals surface area contributed by atoms with E-state index in [-0.39, 0.29) is 0 Å². The van der Waals surface area contributed by atoms with Gasteiger partial charge in [0.25, 0.3) is 0 Å². The van der Waals surface area contributed by atoms with Crippen molar-refractivity contribution in [3.63, 3.8) is 0 Å². The van der Waals surface area contributed by atoms with Crippen LogP contribution in [-0.2, 0) is 11.2 Å². The number of halogens is 1. The summed E-state index contributed by atoms with van der Waals surface area (Å²) in [5.74, 6) is 0.286. The van der Waals surface area contributed by atoms with Gasteiger partial charge in [0.1, 0.15) is 10.9 Å². The van der Waals surface area contributed by atoms with Crippen LogP contribution in [0, 0.1) is 0 Å². The molecule has 0 fully saturated rings. The number of fused-ring (bicyclic) bond motifs is 1. The lowest BCUT2D eigenvalue weighted by Crippen LogP contribution is -2.06. The summed E-state index contributed by atoms with van der Waals surface area (Å²) in [5, 5.41) is 2.87. The number of nitrogens with zero attached hydrogens (tertiary/aromatic N) is 1. The highest BCUT2D eigenvalue weighted by molar-refractivity contribution is 7.80. The van der Waals surface area contributed by atoms with Crippen LogP contribution < -0.4 is 4.74 Å². The van der Waals surface area contributed by atoms with Crippen LogP contribution in [0.4, 0.5) is 0 Å². The van der Waals surface area contributed by atoms with E-state index in [0.717, 1.165) is 17.5 Å². The maximum absolute atomic E-state index is 12.3. The van der Waals surface area contributed by atoms with Crippen molar-refractivity contribution in [1.82, 2.24) is 4.98 Å². The molecule has 158 valence electrons. The zero-order chi connectivity index (χ0) is 21.8. The zero-order valence-corrected chi connectivity index (χ0v) is 19.2. The lowest BCUT2D eigenvalue weighted by atomic mass is 10.1. The van der Waals surface area contributed by atoms with Crippen molar-refractivity contribution in [2.45, 2.75) is 18.8 Å². The minimum absolute atomic E-state index is 0.290. The van der Waals surface area contributed by atoms with E-state index in [1.165, 1.54) is 23.1 Å². The van der Waals surface area contributed by atoms with Gasteiger partial charge in [-0.15, -0.1) is 24.0 Å². The molecule has 0 N–H and O–H groups in total. The molecule has 0 bridgehead atoms. The third kappa shape index (κ3) is 4.87. The van der Waals surface area contributed by atoms with E-state index in [0.29, 0.717) is 33.2 Å². The second kappa shape index (κ2) is 9.73. The van der Waals surface area contributed by atoms with Gasteiger partial charge in [-0.05, 0) is 42.0 Å². The Morgan fingerprint density at radius 1 is 1.16 bits per heavy atom. The Morgan fingerprint density at radius 3 is 2.71 bits per heavy atom. The molecule has 0 radical (unpaired) electrons. The molecular formula is C24H20ClNO3S2. The number of hydrogen-bond acceptors (Lipinski definition) is 6. The van der Waals surface area contributed by atoms with Crippen molar-refractivity contribution < 1.29 is 14.3 Å². The summed E-state index contributed by atoms with van der Waals surface area (Å²) >= 11 is 12.4. The third-order valence-corrected chi connectivity index (χ3v) is 6.44. The van der Waals surface area contributed by atoms with Gasteiger partial charge in [-0.3, -0.25) is 0 Å². The second-order valence-corrected chi connectivity index (χ2v) is 8.56. The first-order chi connectivity index (χ1) is 15.1. The largest absolute Gasteiger partial charge is 0.475 e. The Hall–Kier alpha value is -2.54. The van der Waals surface area contributed by atoms with Crippen LogP contribution in [0.25, 0.3) is 10.1 Å². The van der Waals surface area contributed by atoms with Crippen LogP contribution in [-0.4, -0.2) is 17.6 Å². The fraction of sp³-hybridized carbons (Fsp3) is 0.167. The van der Waals surface area contributed by atoms with Crippen molar-refractivity contribution in [2.24, 2.45) is 0 Å². The molecule has 4 nitrogen and oxygen atoms in total. The SMILES string of the molecule is CCOC(=O)c1cnc(Cl)c2c(C(S)Oc3cccc(Cc4ccccc4)c3)csc12. The smallest absolute Gasteiger partial charge is 0.341 e. The number of hydrogen-bond donors (Lipinski definition) is 1. The predicted molar refractivity (Wildman–Crippen MR) is 129 cm³/mol. The molecule has 1 unspecified atom stereocenters. The first-order valence-electron chi connectivity index (χ1n) is 9.77. The van der Waals surface area contributed by atoms with Crippen molar-refractivity contribution in [1.29, 1.82) is 0 Å². The van der Waals surface area contributed by atoms with Gasteiger partial charge in [-0.1, -0.05) is 54.1 Å². The van der Waals surface area contributed by atoms with E-state index in [1.807, 2.05) is 41.8 Å². The van der Waals surface area contributed by atoms with E-state index in [1.54, 1.807) is 6.92 Å². The molecule has 2 aromatic carbocycles. The third-order valence-electron chi connectivity index (χ3n) is 4.74. The van der Waals surface area contributed by atoms with Crippen LogP contribution in [0.1, 0.15) is 39.4 Å². The number of rotatable bonds is 7. The molecule has 0 amide bonds. The summed E-state index contributed by atoms with van der Waals surface area (Å²) in [6.07, 6.45) is 2.26. The number of aromatic nitrogens is 1. The molecule has 0 aliphatic carbocycles. The minimum Gasteiger partial charge on any atom is -0.475 e. The lowest BCUT2D eigenvalue weighted by molar-refractivity contribution is 0.0528. The zero-order valence-electron chi connectivity index (χ0n) is 16.7. The highest BCUT2D eigenvalue weighted by atomic mass is 35.5. The molecule has 7 heteroatoms. The lowest BCUT2D eigenvalue weighted by Gasteiger charge is -2.15. The number of thiophene rings is 1. The number of pyridine rings is 1. The molecule has 31 heavy (non-hydrogen) atoms. The molecule has 4 rings (SSSR count). The van der Waals surface area contributed by atoms with Crippen LogP contribution in [0.5, 0.6) is 5.75 Å². The number of carbonyl (C=O) groups excluding carboxylic acids is 1. The molecule has 0 aliphatic rings. The number of benzene rings is 2. The summed E-state index contributed by atoms with van der Waals surface area (Å²) in [5.41, 5.74) is 2.96.